The highest BCUT2D eigenvalue weighted by Gasteiger charge is 2.16. The fourth-order valence-corrected chi connectivity index (χ4v) is 2.58. The second-order valence-electron chi connectivity index (χ2n) is 5.69. The van der Waals surface area contributed by atoms with Crippen LogP contribution in [0.15, 0.2) is 53.3 Å². The monoisotopic (exact) mass is 353 g/mol. The first-order chi connectivity index (χ1) is 12.6. The van der Waals surface area contributed by atoms with Crippen LogP contribution in [-0.2, 0) is 4.74 Å². The normalized spacial score (nSPS) is 11.9. The van der Waals surface area contributed by atoms with Crippen molar-refractivity contribution < 1.29 is 14.6 Å². The number of benzene rings is 2. The molecule has 0 saturated carbocycles. The van der Waals surface area contributed by atoms with Crippen molar-refractivity contribution in [3.05, 3.63) is 70.0 Å². The summed E-state index contributed by atoms with van der Waals surface area (Å²) in [6, 6.07) is 14.4. The molecule has 0 saturated heterocycles. The molecule has 2 aromatic carbocycles. The maximum absolute atomic E-state index is 12.5. The zero-order valence-electron chi connectivity index (χ0n) is 14.2. The standard InChI is InChI=1S/C19H19N3O4/c1-2-26-19(25)17-18(24)14-10-13(8-9-15(14)21-22-17)20-11-16(23)12-6-4-3-5-7-12/h3-10,16,20,23H,2,11H2,1H3,(H,21,24). The first kappa shape index (κ1) is 17.6. The summed E-state index contributed by atoms with van der Waals surface area (Å²) in [6.07, 6.45) is -0.683. The molecule has 26 heavy (non-hydrogen) atoms. The van der Waals surface area contributed by atoms with Gasteiger partial charge in [-0.25, -0.2) is 4.79 Å². The number of ether oxygens (including phenoxy) is 1. The predicted octanol–water partition coefficient (Wildman–Crippen LogP) is 2.25. The minimum atomic E-state index is -0.756. The van der Waals surface area contributed by atoms with E-state index in [0.29, 0.717) is 16.6 Å². The van der Waals surface area contributed by atoms with E-state index in [9.17, 15) is 14.7 Å². The fourth-order valence-electron chi connectivity index (χ4n) is 2.58. The van der Waals surface area contributed by atoms with Gasteiger partial charge in [0.2, 0.25) is 11.1 Å². The Morgan fingerprint density at radius 2 is 2.04 bits per heavy atom. The van der Waals surface area contributed by atoms with Crippen molar-refractivity contribution in [2.75, 3.05) is 18.5 Å². The fraction of sp³-hybridized carbons (Fsp3) is 0.211. The van der Waals surface area contributed by atoms with E-state index in [1.54, 1.807) is 25.1 Å². The van der Waals surface area contributed by atoms with Gasteiger partial charge in [0, 0.05) is 12.2 Å². The van der Waals surface area contributed by atoms with Gasteiger partial charge in [-0.2, -0.15) is 5.10 Å². The topological polar surface area (TPSA) is 104 Å². The molecule has 0 aliphatic rings. The number of aliphatic hydroxyl groups excluding tert-OH is 1. The Labute approximate surface area is 149 Å². The maximum atomic E-state index is 12.5. The van der Waals surface area contributed by atoms with Crippen LogP contribution < -0.4 is 10.7 Å². The van der Waals surface area contributed by atoms with Crippen LogP contribution in [0.3, 0.4) is 0 Å². The third-order valence-electron chi connectivity index (χ3n) is 3.92. The first-order valence-corrected chi connectivity index (χ1v) is 8.26. The highest BCUT2D eigenvalue weighted by molar-refractivity contribution is 5.92. The predicted molar refractivity (Wildman–Crippen MR) is 98.2 cm³/mol. The Hall–Kier alpha value is -3.19. The zero-order chi connectivity index (χ0) is 18.5. The van der Waals surface area contributed by atoms with Crippen molar-refractivity contribution in [2.24, 2.45) is 0 Å². The molecule has 7 heteroatoms. The molecule has 0 fully saturated rings. The van der Waals surface area contributed by atoms with E-state index in [-0.39, 0.29) is 18.8 Å². The molecular formula is C19H19N3O4. The van der Waals surface area contributed by atoms with Gasteiger partial charge in [0.1, 0.15) is 0 Å². The molecule has 134 valence electrons. The van der Waals surface area contributed by atoms with Gasteiger partial charge in [-0.05, 0) is 30.7 Å². The summed E-state index contributed by atoms with van der Waals surface area (Å²) in [7, 11) is 0. The number of fused-ring (bicyclic) bond motifs is 1. The SMILES string of the molecule is CCOC(=O)c1n[nH]c2ccc(NCC(O)c3ccccc3)cc2c1=O. The number of nitrogens with zero attached hydrogens (tertiary/aromatic N) is 1. The van der Waals surface area contributed by atoms with Gasteiger partial charge in [0.15, 0.2) is 0 Å². The van der Waals surface area contributed by atoms with Crippen LogP contribution in [0.5, 0.6) is 0 Å². The molecule has 1 heterocycles. The molecule has 0 aliphatic heterocycles. The van der Waals surface area contributed by atoms with E-state index in [1.165, 1.54) is 0 Å². The molecule has 1 unspecified atom stereocenters. The zero-order valence-corrected chi connectivity index (χ0v) is 14.2. The number of nitrogens with one attached hydrogen (secondary N) is 2. The Morgan fingerprint density at radius 1 is 1.27 bits per heavy atom. The van der Waals surface area contributed by atoms with E-state index >= 15 is 0 Å². The van der Waals surface area contributed by atoms with Gasteiger partial charge in [0.25, 0.3) is 0 Å². The second-order valence-corrected chi connectivity index (χ2v) is 5.69. The number of rotatable bonds is 6. The molecule has 7 nitrogen and oxygen atoms in total. The van der Waals surface area contributed by atoms with Crippen LogP contribution in [0.2, 0.25) is 0 Å². The van der Waals surface area contributed by atoms with E-state index in [2.05, 4.69) is 15.5 Å². The lowest BCUT2D eigenvalue weighted by Gasteiger charge is -2.13. The molecule has 0 amide bonds. The van der Waals surface area contributed by atoms with Gasteiger partial charge in [-0.1, -0.05) is 30.3 Å². The molecular weight excluding hydrogens is 334 g/mol. The largest absolute Gasteiger partial charge is 0.461 e. The van der Waals surface area contributed by atoms with Crippen molar-refractivity contribution >= 4 is 22.6 Å². The van der Waals surface area contributed by atoms with E-state index in [0.717, 1.165) is 5.56 Å². The third-order valence-corrected chi connectivity index (χ3v) is 3.92. The van der Waals surface area contributed by atoms with Crippen LogP contribution in [0.1, 0.15) is 29.1 Å². The van der Waals surface area contributed by atoms with E-state index in [1.807, 2.05) is 30.3 Å². The Kier molecular flexibility index (Phi) is 5.28. The molecule has 0 bridgehead atoms. The highest BCUT2D eigenvalue weighted by atomic mass is 16.5. The smallest absolute Gasteiger partial charge is 0.362 e. The number of anilines is 1. The summed E-state index contributed by atoms with van der Waals surface area (Å²) in [6.45, 7) is 2.10. The minimum absolute atomic E-state index is 0.164. The first-order valence-electron chi connectivity index (χ1n) is 8.26. The molecule has 0 spiro atoms. The summed E-state index contributed by atoms with van der Waals surface area (Å²) >= 11 is 0. The number of aliphatic hydroxyl groups is 1. The summed E-state index contributed by atoms with van der Waals surface area (Å²) in [5.41, 5.74) is 1.19. The molecule has 3 rings (SSSR count). The van der Waals surface area contributed by atoms with Gasteiger partial charge in [-0.3, -0.25) is 9.89 Å². The molecule has 0 aliphatic carbocycles. The van der Waals surface area contributed by atoms with Gasteiger partial charge in [-0.15, -0.1) is 0 Å². The lowest BCUT2D eigenvalue weighted by Crippen LogP contribution is -2.21. The number of hydrogen-bond donors (Lipinski definition) is 3. The molecule has 0 radical (unpaired) electrons. The molecule has 3 N–H and O–H groups in total. The van der Waals surface area contributed by atoms with E-state index < -0.39 is 17.5 Å². The third kappa shape index (κ3) is 3.73. The average molecular weight is 353 g/mol. The summed E-state index contributed by atoms with van der Waals surface area (Å²) in [5, 5.41) is 20.1. The van der Waals surface area contributed by atoms with Crippen molar-refractivity contribution in [3.8, 4) is 0 Å². The lowest BCUT2D eigenvalue weighted by molar-refractivity contribution is 0.0517. The number of esters is 1. The number of carbonyl (C=O) groups is 1. The van der Waals surface area contributed by atoms with Crippen molar-refractivity contribution in [1.29, 1.82) is 0 Å². The number of hydrogen-bond acceptors (Lipinski definition) is 6. The maximum Gasteiger partial charge on any atom is 0.362 e. The van der Waals surface area contributed by atoms with Crippen molar-refractivity contribution in [3.63, 3.8) is 0 Å². The minimum Gasteiger partial charge on any atom is -0.461 e. The van der Waals surface area contributed by atoms with Crippen molar-refractivity contribution in [2.45, 2.75) is 13.0 Å². The number of aromatic amines is 1. The average Bonchev–Trinajstić information content (AvgIpc) is 2.67. The number of carbonyl (C=O) groups excluding carboxylic acids is 1. The van der Waals surface area contributed by atoms with Crippen LogP contribution in [-0.4, -0.2) is 34.4 Å². The van der Waals surface area contributed by atoms with Gasteiger partial charge < -0.3 is 15.2 Å². The summed E-state index contributed by atoms with van der Waals surface area (Å²) in [5.74, 6) is -0.756. The van der Waals surface area contributed by atoms with Crippen LogP contribution in [0, 0.1) is 0 Å². The molecule has 1 aromatic heterocycles. The van der Waals surface area contributed by atoms with E-state index in [4.69, 9.17) is 4.74 Å². The summed E-state index contributed by atoms with van der Waals surface area (Å²) in [4.78, 5) is 24.3. The van der Waals surface area contributed by atoms with Crippen molar-refractivity contribution in [1.82, 2.24) is 10.2 Å². The second kappa shape index (κ2) is 7.79. The van der Waals surface area contributed by atoms with Gasteiger partial charge >= 0.3 is 5.97 Å². The molecule has 3 aromatic rings. The Morgan fingerprint density at radius 3 is 2.77 bits per heavy atom. The van der Waals surface area contributed by atoms with Gasteiger partial charge in [0.05, 0.1) is 23.6 Å². The highest BCUT2D eigenvalue weighted by Crippen LogP contribution is 2.17. The molecule has 1 atom stereocenters. The number of H-pyrrole nitrogens is 1. The lowest BCUT2D eigenvalue weighted by atomic mass is 10.1. The van der Waals surface area contributed by atoms with Crippen LogP contribution in [0.25, 0.3) is 10.9 Å². The Bertz CT molecular complexity index is 969. The Balaban J connectivity index is 1.83. The summed E-state index contributed by atoms with van der Waals surface area (Å²) < 4.78 is 4.85. The quantitative estimate of drug-likeness (QED) is 0.587. The number of aromatic nitrogens is 2. The van der Waals surface area contributed by atoms with Crippen LogP contribution >= 0.6 is 0 Å². The van der Waals surface area contributed by atoms with Crippen LogP contribution in [0.4, 0.5) is 5.69 Å².